The fourth-order valence-corrected chi connectivity index (χ4v) is 17.0. The molecule has 89 heavy (non-hydrogen) atoms. The lowest BCUT2D eigenvalue weighted by Gasteiger charge is -2.51. The van der Waals surface area contributed by atoms with Crippen molar-refractivity contribution in [3.8, 4) is 23.0 Å². The fraction of sp³-hybridized carbons (Fsp3) is 0. The maximum Gasteiger partial charge on any atom is 0.256 e. The maximum atomic E-state index is 7.44. The van der Waals surface area contributed by atoms with E-state index in [1.54, 1.807) is 0 Å². The first kappa shape index (κ1) is 47.9. The number of fused-ring (bicyclic) bond motifs is 18. The van der Waals surface area contributed by atoms with Gasteiger partial charge in [0.1, 0.15) is 23.0 Å². The van der Waals surface area contributed by atoms with Gasteiger partial charge >= 0.3 is 0 Å². The van der Waals surface area contributed by atoms with Gasteiger partial charge in [0.2, 0.25) is 0 Å². The van der Waals surface area contributed by atoms with Crippen LogP contribution in [-0.4, -0.2) is 26.9 Å². The Morgan fingerprint density at radius 1 is 0.191 bits per heavy atom. The van der Waals surface area contributed by atoms with Crippen molar-refractivity contribution < 1.29 is 9.47 Å². The van der Waals surface area contributed by atoms with Gasteiger partial charge in [-0.3, -0.25) is 0 Å². The predicted molar refractivity (Wildman–Crippen MR) is 372 cm³/mol. The largest absolute Gasteiger partial charge is 0.458 e. The number of benzene rings is 13. The normalized spacial score (nSPS) is 14.5. The number of nitrogens with zero attached hydrogens (tertiary/aromatic N) is 5. The Labute approximate surface area is 516 Å². The Balaban J connectivity index is 0.846. The lowest BCUT2D eigenvalue weighted by Crippen LogP contribution is -2.70. The van der Waals surface area contributed by atoms with Crippen LogP contribution in [0, 0.1) is 0 Å². The van der Waals surface area contributed by atoms with Gasteiger partial charge in [-0.05, 0) is 169 Å². The molecule has 0 unspecified atom stereocenters. The van der Waals surface area contributed by atoms with Crippen LogP contribution in [0.4, 0.5) is 85.3 Å². The first-order valence-electron chi connectivity index (χ1n) is 31.0. The van der Waals surface area contributed by atoms with Gasteiger partial charge in [0.05, 0.1) is 0 Å². The summed E-state index contributed by atoms with van der Waals surface area (Å²) in [6.07, 6.45) is 0. The van der Waals surface area contributed by atoms with E-state index in [0.29, 0.717) is 0 Å². The summed E-state index contributed by atoms with van der Waals surface area (Å²) in [4.78, 5) is 12.6. The smallest absolute Gasteiger partial charge is 0.256 e. The topological polar surface area (TPSA) is 34.7 Å². The Morgan fingerprint density at radius 3 is 0.888 bits per heavy atom. The van der Waals surface area contributed by atoms with E-state index in [2.05, 4.69) is 310 Å². The minimum Gasteiger partial charge on any atom is -0.458 e. The molecule has 13 aromatic carbocycles. The Hall–Kier alpha value is -11.3. The van der Waals surface area contributed by atoms with Crippen LogP contribution in [0.25, 0.3) is 0 Å². The van der Waals surface area contributed by atoms with Crippen LogP contribution in [0.15, 0.2) is 285 Å². The molecule has 0 spiro atoms. The first-order valence-corrected chi connectivity index (χ1v) is 31.0. The van der Waals surface area contributed by atoms with Crippen molar-refractivity contribution in [3.05, 3.63) is 285 Å². The van der Waals surface area contributed by atoms with Gasteiger partial charge in [-0.25, -0.2) is 0 Å². The van der Waals surface area contributed by atoms with Crippen molar-refractivity contribution >= 4 is 178 Å². The number of hydrogen-bond donors (Lipinski definition) is 0. The molecule has 0 fully saturated rings. The van der Waals surface area contributed by atoms with Crippen molar-refractivity contribution in [3.63, 3.8) is 0 Å². The average molecular weight is 1130 g/mol. The molecule has 8 aliphatic rings. The third kappa shape index (κ3) is 6.30. The summed E-state index contributed by atoms with van der Waals surface area (Å²) in [5.41, 5.74) is 32.0. The van der Waals surface area contributed by atoms with Crippen LogP contribution in [0.3, 0.4) is 0 Å². The Bertz CT molecular complexity index is 5250. The van der Waals surface area contributed by atoms with Gasteiger partial charge in [-0.1, -0.05) is 170 Å². The molecule has 7 nitrogen and oxygen atoms in total. The zero-order valence-electron chi connectivity index (χ0n) is 48.0. The van der Waals surface area contributed by atoms with E-state index < -0.39 is 0 Å². The van der Waals surface area contributed by atoms with E-state index >= 15 is 0 Å². The van der Waals surface area contributed by atoms with Crippen molar-refractivity contribution in [1.29, 1.82) is 0 Å². The summed E-state index contributed by atoms with van der Waals surface area (Å²) < 4.78 is 14.8. The molecule has 0 amide bonds. The monoisotopic (exact) mass is 1130 g/mol. The molecule has 21 rings (SSSR count). The van der Waals surface area contributed by atoms with Crippen molar-refractivity contribution in [2.75, 3.05) is 24.5 Å². The lowest BCUT2D eigenvalue weighted by molar-refractivity contribution is 0.487. The molecule has 8 aliphatic heterocycles. The molecule has 0 aliphatic carbocycles. The second kappa shape index (κ2) is 17.7. The third-order valence-electron chi connectivity index (χ3n) is 20.3. The van der Waals surface area contributed by atoms with Gasteiger partial charge in [-0.2, -0.15) is 0 Å². The van der Waals surface area contributed by atoms with Crippen LogP contribution >= 0.6 is 0 Å². The second-order valence-electron chi connectivity index (χ2n) is 24.6. The van der Waals surface area contributed by atoms with Gasteiger partial charge in [-0.15, -0.1) is 0 Å². The summed E-state index contributed by atoms with van der Waals surface area (Å²) >= 11 is 0. The lowest BCUT2D eigenvalue weighted by atomic mass is 9.27. The SMILES string of the molecule is c1ccc(N2c3ccccc3B3c4cc5c(cc4Oc4cccc2c43)N(c2ccccc2)c2cc3c4c6c2B5c2ccccc2N6c2cc5c(cc2B4c2ccccc2N3c2ccccc2)B2c3ccccc3N(c3ccccc3)c3cccc(c32)O5)cc1. The molecule has 0 aromatic heterocycles. The highest BCUT2D eigenvalue weighted by atomic mass is 16.5. The summed E-state index contributed by atoms with van der Waals surface area (Å²) in [7, 11) is 0. The first-order chi connectivity index (χ1) is 44.2. The summed E-state index contributed by atoms with van der Waals surface area (Å²) in [5, 5.41) is 0. The van der Waals surface area contributed by atoms with E-state index in [0.717, 1.165) is 85.6 Å². The second-order valence-corrected chi connectivity index (χ2v) is 24.6. The zero-order valence-corrected chi connectivity index (χ0v) is 48.0. The van der Waals surface area contributed by atoms with Crippen LogP contribution < -0.4 is 99.5 Å². The molecule has 0 N–H and O–H groups in total. The number of para-hydroxylation sites is 8. The molecular formula is C78H47B4N5O2. The van der Waals surface area contributed by atoms with Crippen LogP contribution in [0.5, 0.6) is 23.0 Å². The number of ether oxygens (including phenoxy) is 2. The van der Waals surface area contributed by atoms with Gasteiger partial charge in [0.15, 0.2) is 0 Å². The van der Waals surface area contributed by atoms with Gasteiger partial charge in [0.25, 0.3) is 26.9 Å². The van der Waals surface area contributed by atoms with Gasteiger partial charge in [0, 0.05) is 97.4 Å². The van der Waals surface area contributed by atoms with E-state index in [1.165, 1.54) is 88.3 Å². The maximum absolute atomic E-state index is 7.44. The van der Waals surface area contributed by atoms with Gasteiger partial charge < -0.3 is 34.0 Å². The van der Waals surface area contributed by atoms with E-state index in [1.807, 2.05) is 0 Å². The molecule has 0 saturated heterocycles. The highest BCUT2D eigenvalue weighted by Gasteiger charge is 2.54. The minimum absolute atomic E-state index is 0.0834. The Kier molecular flexibility index (Phi) is 9.52. The summed E-state index contributed by atoms with van der Waals surface area (Å²) in [6, 6.07) is 106. The van der Waals surface area contributed by atoms with Crippen LogP contribution in [0.2, 0.25) is 0 Å². The average Bonchev–Trinajstić information content (AvgIpc) is 0.674. The van der Waals surface area contributed by atoms with E-state index in [4.69, 9.17) is 9.47 Å². The zero-order chi connectivity index (χ0) is 57.7. The van der Waals surface area contributed by atoms with Crippen LogP contribution in [0.1, 0.15) is 0 Å². The third-order valence-corrected chi connectivity index (χ3v) is 20.3. The quantitative estimate of drug-likeness (QED) is 0.163. The van der Waals surface area contributed by atoms with Crippen molar-refractivity contribution in [1.82, 2.24) is 0 Å². The number of hydrogen-bond acceptors (Lipinski definition) is 7. The molecule has 0 radical (unpaired) electrons. The molecule has 0 atom stereocenters. The fourth-order valence-electron chi connectivity index (χ4n) is 17.0. The standard InChI is InChI=1S/C78H47B4N5O2/c1-5-23-48(24-6-1)83-60-35-17-14-32-53(60)81-58-43-56-66(46-72(58)88-70-41-21-39-64(83)74(70)81)86(51-29-11-4-12-30-51)69-45-68-76-78-77(69)80(56)55-34-16-20-38-63(55)87(78)67-47-73-59(44-57(67)79(76)52-31-13-19-37-62(52)85(68)50-27-9-3-10-28-50)82-54-33-15-18-36-61(54)84(49-25-7-2-8-26-49)65-40-22-42-71(89-73)75(65)82/h1-47H. The number of rotatable bonds is 4. The molecule has 13 aromatic rings. The molecule has 11 heteroatoms. The molecule has 0 saturated carbocycles. The number of anilines is 15. The predicted octanol–water partition coefficient (Wildman–Crippen LogP) is 11.2. The molecule has 0 bridgehead atoms. The summed E-state index contributed by atoms with van der Waals surface area (Å²) in [6.45, 7) is -0.485. The van der Waals surface area contributed by atoms with Crippen molar-refractivity contribution in [2.45, 2.75) is 0 Å². The highest BCUT2D eigenvalue weighted by molar-refractivity contribution is 7.06. The van der Waals surface area contributed by atoms with E-state index in [-0.39, 0.29) is 26.9 Å². The minimum atomic E-state index is -0.163. The molecular weight excluding hydrogens is 1080 g/mol. The van der Waals surface area contributed by atoms with E-state index in [9.17, 15) is 0 Å². The molecule has 8 heterocycles. The van der Waals surface area contributed by atoms with Crippen molar-refractivity contribution in [2.24, 2.45) is 0 Å². The summed E-state index contributed by atoms with van der Waals surface area (Å²) in [5.74, 6) is 3.52. The van der Waals surface area contributed by atoms with Crippen LogP contribution in [-0.2, 0) is 0 Å². The molecule has 408 valence electrons. The Morgan fingerprint density at radius 2 is 0.494 bits per heavy atom. The highest BCUT2D eigenvalue weighted by Crippen LogP contribution is 2.52.